The summed E-state index contributed by atoms with van der Waals surface area (Å²) in [6, 6.07) is 18.5. The molecule has 0 saturated carbocycles. The summed E-state index contributed by atoms with van der Waals surface area (Å²) in [6.07, 6.45) is 10.3. The maximum Gasteiger partial charge on any atom is 0.291 e. The van der Waals surface area contributed by atoms with Gasteiger partial charge in [0.05, 0.1) is 135 Å². The van der Waals surface area contributed by atoms with Crippen LogP contribution < -0.4 is 57.9 Å². The predicted molar refractivity (Wildman–Crippen MR) is 476 cm³/mol. The summed E-state index contributed by atoms with van der Waals surface area (Å²) in [4.78, 5) is 149. The lowest BCUT2D eigenvalue weighted by atomic mass is 9.99. The number of benzene rings is 2. The Bertz CT molecular complexity index is 5570. The molecule has 1 aliphatic heterocycles. The third-order valence-electron chi connectivity index (χ3n) is 19.7. The molecule has 129 heavy (non-hydrogen) atoms. The zero-order chi connectivity index (χ0) is 91.9. The van der Waals surface area contributed by atoms with Crippen LogP contribution in [0.2, 0.25) is 5.02 Å². The second kappa shape index (κ2) is 48.2. The van der Waals surface area contributed by atoms with Crippen LogP contribution in [0.1, 0.15) is 128 Å². The van der Waals surface area contributed by atoms with Gasteiger partial charge in [0.1, 0.15) is 46.3 Å². The van der Waals surface area contributed by atoms with Gasteiger partial charge in [0.25, 0.3) is 35.4 Å². The van der Waals surface area contributed by atoms with Crippen LogP contribution in [-0.4, -0.2) is 260 Å². The molecule has 1 unspecified atom stereocenters. The molecule has 0 saturated heterocycles. The number of rotatable bonds is 52. The molecule has 0 aliphatic carbocycles. The number of hydrogen-bond donors (Lipinski definition) is 10. The number of halogens is 1. The number of aromatic nitrogens is 12. The van der Waals surface area contributed by atoms with E-state index in [-0.39, 0.29) is 128 Å². The first-order valence-corrected chi connectivity index (χ1v) is 42.6. The highest BCUT2D eigenvalue weighted by Gasteiger charge is 2.33. The lowest BCUT2D eigenvalue weighted by Crippen LogP contribution is -2.33. The quantitative estimate of drug-likeness (QED) is 0.0202. The van der Waals surface area contributed by atoms with Gasteiger partial charge in [-0.25, -0.2) is 15.0 Å². The summed E-state index contributed by atoms with van der Waals surface area (Å²) in [7, 11) is 9.63. The number of aryl methyl sites for hydroxylation is 8. The molecule has 0 fully saturated rings. The topological polar surface area (TPSA) is 485 Å². The molecular weight excluding hydrogens is 1710 g/mol. The standard InChI is InChI=1S/C85H106ClN23O19S/c1-53-54(2)129-85-73(53)74(56-10-12-57(86)13-11-56)96-63(75-102-101-55(3)109(75)85)47-72(113)92-58-14-16-62(17-15-58)128-43-42-127-41-40-126-39-38-125-37-36-124-35-34-123-33-32-122-31-30-121-29-28-120-27-25-87-69(110)18-21-89-79(114)65-45-60(49-105(65)6)94-83(118)77-99-68(51-107(77)8)98-71(112)20-23-91-81(116)66-46-61(50-106(66)7)95-84(119)78-100-67(52-108(78)9)97-70(111)19-22-90-80(115)64-44-59(48-104(64)5)93-82(117)76-88-24-26-103(76)4/h10-17,24,26,44-46,48-52,63H,18-23,25,27-43,47H2,1-9H3,(H,87,110)(H,89,114)(H,90,115)(H,91,116)(H,92,113)(H,93,117)(H,94,118)(H,95,119)(H,97,111)(H,98,112). The summed E-state index contributed by atoms with van der Waals surface area (Å²) in [5.41, 5.74) is 5.91. The first-order chi connectivity index (χ1) is 62.2. The zero-order valence-corrected chi connectivity index (χ0v) is 74.6. The molecule has 2 aromatic carbocycles. The van der Waals surface area contributed by atoms with Crippen molar-refractivity contribution in [2.75, 3.05) is 170 Å². The minimum Gasteiger partial charge on any atom is -0.491 e. The smallest absolute Gasteiger partial charge is 0.291 e. The highest BCUT2D eigenvalue weighted by molar-refractivity contribution is 7.15. The molecule has 8 aromatic heterocycles. The molecule has 10 N–H and O–H groups in total. The Labute approximate surface area is 751 Å². The average Bonchev–Trinajstić information content (AvgIpc) is 1.59. The number of hydrogen-bond acceptors (Lipinski definition) is 26. The van der Waals surface area contributed by atoms with Gasteiger partial charge in [-0.05, 0) is 80.9 Å². The monoisotopic (exact) mass is 1820 g/mol. The van der Waals surface area contributed by atoms with Crippen molar-refractivity contribution < 1.29 is 90.6 Å². The predicted octanol–water partition coefficient (Wildman–Crippen LogP) is 5.77. The second-order valence-electron chi connectivity index (χ2n) is 29.4. The minimum atomic E-state index is -0.649. The van der Waals surface area contributed by atoms with Crippen LogP contribution in [-0.2, 0) is 99.4 Å². The van der Waals surface area contributed by atoms with Crippen molar-refractivity contribution in [3.8, 4) is 10.8 Å². The van der Waals surface area contributed by atoms with Crippen molar-refractivity contribution in [1.82, 2.24) is 78.4 Å². The lowest BCUT2D eigenvalue weighted by Gasteiger charge is -2.13. The molecule has 0 bridgehead atoms. The van der Waals surface area contributed by atoms with Crippen LogP contribution in [0.5, 0.6) is 5.75 Å². The van der Waals surface area contributed by atoms with E-state index in [1.807, 2.05) is 35.8 Å². The number of aliphatic imine (C=N–C) groups is 1. The Hall–Kier alpha value is -13.1. The van der Waals surface area contributed by atoms with Crippen molar-refractivity contribution in [1.29, 1.82) is 0 Å². The number of nitrogens with one attached hydrogen (secondary N) is 10. The van der Waals surface area contributed by atoms with E-state index in [4.69, 9.17) is 59.2 Å². The molecule has 688 valence electrons. The van der Waals surface area contributed by atoms with E-state index in [0.717, 1.165) is 38.1 Å². The molecule has 0 spiro atoms. The van der Waals surface area contributed by atoms with Gasteiger partial charge in [0.2, 0.25) is 35.3 Å². The van der Waals surface area contributed by atoms with Crippen molar-refractivity contribution in [2.45, 2.75) is 52.5 Å². The molecule has 9 heterocycles. The van der Waals surface area contributed by atoms with Crippen LogP contribution in [0.3, 0.4) is 0 Å². The van der Waals surface area contributed by atoms with E-state index in [9.17, 15) is 47.9 Å². The van der Waals surface area contributed by atoms with Gasteiger partial charge in [-0.1, -0.05) is 23.7 Å². The first-order valence-electron chi connectivity index (χ1n) is 41.4. The van der Waals surface area contributed by atoms with Gasteiger partial charge >= 0.3 is 0 Å². The average molecular weight is 1820 g/mol. The van der Waals surface area contributed by atoms with Crippen molar-refractivity contribution in [2.24, 2.45) is 47.3 Å². The van der Waals surface area contributed by atoms with E-state index >= 15 is 0 Å². The molecule has 10 aromatic rings. The van der Waals surface area contributed by atoms with Gasteiger partial charge in [-0.3, -0.25) is 57.5 Å². The molecular formula is C85H106ClN23O19S. The van der Waals surface area contributed by atoms with Crippen molar-refractivity contribution in [3.05, 3.63) is 183 Å². The summed E-state index contributed by atoms with van der Waals surface area (Å²) in [6.45, 7) is 12.7. The van der Waals surface area contributed by atoms with E-state index < -0.39 is 53.3 Å². The minimum absolute atomic E-state index is 0.00412. The van der Waals surface area contributed by atoms with Crippen molar-refractivity contribution in [3.63, 3.8) is 0 Å². The number of carbonyl (C=O) groups is 10. The number of ether oxygens (including phenoxy) is 9. The molecule has 10 amide bonds. The van der Waals surface area contributed by atoms with Gasteiger partial charge in [-0.15, -0.1) is 21.5 Å². The maximum atomic E-state index is 13.6. The zero-order valence-electron chi connectivity index (χ0n) is 73.0. The Balaban J connectivity index is 0.443. The Morgan fingerprint density at radius 2 is 0.845 bits per heavy atom. The summed E-state index contributed by atoms with van der Waals surface area (Å²) >= 11 is 7.92. The third kappa shape index (κ3) is 28.4. The molecule has 0 radical (unpaired) electrons. The van der Waals surface area contributed by atoms with Crippen LogP contribution >= 0.6 is 22.9 Å². The first kappa shape index (κ1) is 96.5. The molecule has 1 atom stereocenters. The van der Waals surface area contributed by atoms with Gasteiger partial charge in [0, 0.05) is 158 Å². The van der Waals surface area contributed by atoms with Gasteiger partial charge in [-0.2, -0.15) is 0 Å². The van der Waals surface area contributed by atoms with Crippen LogP contribution in [0.4, 0.5) is 34.4 Å². The molecule has 11 rings (SSSR count). The normalized spacial score (nSPS) is 12.2. The number of fused-ring (bicyclic) bond motifs is 3. The fourth-order valence-electron chi connectivity index (χ4n) is 13.1. The summed E-state index contributed by atoms with van der Waals surface area (Å²) in [5.74, 6) is -2.62. The summed E-state index contributed by atoms with van der Waals surface area (Å²) < 4.78 is 61.4. The Morgan fingerprint density at radius 1 is 0.419 bits per heavy atom. The fraction of sp³-hybridized carbons (Fsp3) is 0.412. The van der Waals surface area contributed by atoms with Crippen LogP contribution in [0.15, 0.2) is 115 Å². The molecule has 1 aliphatic rings. The number of amides is 10. The number of carbonyl (C=O) groups excluding carboxylic acids is 10. The number of nitrogens with zero attached hydrogens (tertiary/aromatic N) is 13. The highest BCUT2D eigenvalue weighted by atomic mass is 35.5. The lowest BCUT2D eigenvalue weighted by molar-refractivity contribution is -0.121. The van der Waals surface area contributed by atoms with Crippen LogP contribution in [0, 0.1) is 20.8 Å². The molecule has 44 heteroatoms. The Kier molecular flexibility index (Phi) is 36.0. The van der Waals surface area contributed by atoms with Crippen LogP contribution in [0.25, 0.3) is 5.00 Å². The maximum absolute atomic E-state index is 13.6. The fourth-order valence-corrected chi connectivity index (χ4v) is 14.5. The Morgan fingerprint density at radius 3 is 1.29 bits per heavy atom. The summed E-state index contributed by atoms with van der Waals surface area (Å²) in [5, 5.41) is 37.6. The number of anilines is 6. The SMILES string of the molecule is Cc1sc2c(c1C)C(c1ccc(Cl)cc1)=NC(CC(=O)Nc1ccc(OCCOCCOCCOCCOCCOCCOCCOCCOCCNC(=O)CCNC(=O)c3cc(NC(=O)c4nc(NC(=O)CCNC(=O)c5cc(NC(=O)c6nc(NC(=O)CCNC(=O)c7cc(NC(=O)c8nccn8C)cn7C)cn6C)cn5C)cn4C)cn3C)cc1)c1nnc(C)n1-2. The third-order valence-corrected chi connectivity index (χ3v) is 21.1. The number of thiophene rings is 1. The van der Waals surface area contributed by atoms with Gasteiger partial charge in [0.15, 0.2) is 23.3 Å². The van der Waals surface area contributed by atoms with E-state index in [0.29, 0.717) is 134 Å². The van der Waals surface area contributed by atoms with E-state index in [2.05, 4.69) is 92.2 Å². The van der Waals surface area contributed by atoms with Crippen molar-refractivity contribution >= 4 is 122 Å². The second-order valence-corrected chi connectivity index (χ2v) is 31.1. The van der Waals surface area contributed by atoms with Gasteiger partial charge < -0.3 is 123 Å². The van der Waals surface area contributed by atoms with E-state index in [1.54, 1.807) is 94.8 Å². The van der Waals surface area contributed by atoms with E-state index in [1.165, 1.54) is 72.0 Å². The molecule has 42 nitrogen and oxygen atoms in total. The largest absolute Gasteiger partial charge is 0.491 e. The number of imidazole rings is 3. The highest BCUT2D eigenvalue weighted by Crippen LogP contribution is 2.40.